The fraction of sp³-hybridized carbons (Fsp3) is 0.0909. The summed E-state index contributed by atoms with van der Waals surface area (Å²) >= 11 is 6.02. The number of rotatable bonds is 8. The number of aromatic nitrogens is 1. The van der Waals surface area contributed by atoms with Gasteiger partial charge in [-0.15, -0.1) is 0 Å². The number of ether oxygens (including phenoxy) is 2. The standard InChI is InChI=1S/C33H24ClNO8/c1-18-24(17-28(36)37)29-25(35(18)31(38)19-11-13-20(34)14-12-19)15-16-27(42-2)30(29)21-7-3-4-8-22(21)33(41)43-26-10-6-5-9-23(26)32(39)40/h3-16H,17H2,1-2H3,(H,36,37)(H,39,40)/p-1. The molecular formula is C33H23ClNO8-. The predicted molar refractivity (Wildman–Crippen MR) is 157 cm³/mol. The molecule has 0 fully saturated rings. The number of carbonyl (C=O) groups is 4. The van der Waals surface area contributed by atoms with E-state index in [9.17, 15) is 29.4 Å². The van der Waals surface area contributed by atoms with Crippen molar-refractivity contribution < 1.29 is 38.9 Å². The third kappa shape index (κ3) is 5.45. The van der Waals surface area contributed by atoms with Crippen LogP contribution in [0.3, 0.4) is 0 Å². The number of carboxylic acids is 2. The van der Waals surface area contributed by atoms with Gasteiger partial charge in [-0.05, 0) is 67.1 Å². The number of methoxy groups -OCH3 is 1. The summed E-state index contributed by atoms with van der Waals surface area (Å²) < 4.78 is 12.6. The van der Waals surface area contributed by atoms with Gasteiger partial charge in [-0.2, -0.15) is 0 Å². The van der Waals surface area contributed by atoms with Crippen LogP contribution in [0.25, 0.3) is 22.0 Å². The highest BCUT2D eigenvalue weighted by Gasteiger charge is 2.27. The van der Waals surface area contributed by atoms with E-state index in [2.05, 4.69) is 0 Å². The topological polar surface area (TPSA) is 135 Å². The van der Waals surface area contributed by atoms with E-state index in [4.69, 9.17) is 21.1 Å². The molecule has 0 atom stereocenters. The number of fused-ring (bicyclic) bond motifs is 1. The molecule has 1 N–H and O–H groups in total. The molecule has 5 rings (SSSR count). The van der Waals surface area contributed by atoms with Gasteiger partial charge >= 0.3 is 11.9 Å². The number of carbonyl (C=O) groups excluding carboxylic acids is 3. The molecule has 1 heterocycles. The molecule has 10 heteroatoms. The monoisotopic (exact) mass is 596 g/mol. The summed E-state index contributed by atoms with van der Waals surface area (Å²) in [5.74, 6) is -3.75. The van der Waals surface area contributed by atoms with Crippen molar-refractivity contribution in [2.24, 2.45) is 0 Å². The fourth-order valence-electron chi connectivity index (χ4n) is 5.11. The van der Waals surface area contributed by atoms with Gasteiger partial charge in [0.15, 0.2) is 0 Å². The molecule has 0 aliphatic rings. The van der Waals surface area contributed by atoms with Gasteiger partial charge in [0.1, 0.15) is 17.1 Å². The van der Waals surface area contributed by atoms with E-state index in [-0.39, 0.29) is 16.9 Å². The molecule has 216 valence electrons. The second-order valence-corrected chi connectivity index (χ2v) is 9.97. The Hall–Kier alpha value is -5.41. The molecule has 0 saturated carbocycles. The molecule has 0 amide bonds. The van der Waals surface area contributed by atoms with Crippen LogP contribution in [0, 0.1) is 6.92 Å². The van der Waals surface area contributed by atoms with E-state index in [1.807, 2.05) is 0 Å². The third-order valence-corrected chi connectivity index (χ3v) is 7.28. The number of hydrogen-bond acceptors (Lipinski definition) is 7. The van der Waals surface area contributed by atoms with Crippen molar-refractivity contribution in [2.75, 3.05) is 7.11 Å². The summed E-state index contributed by atoms with van der Waals surface area (Å²) in [4.78, 5) is 50.9. The van der Waals surface area contributed by atoms with Crippen molar-refractivity contribution in [3.05, 3.63) is 118 Å². The Kier molecular flexibility index (Phi) is 8.00. The number of benzene rings is 4. The van der Waals surface area contributed by atoms with Crippen molar-refractivity contribution in [1.82, 2.24) is 4.57 Å². The summed E-state index contributed by atoms with van der Waals surface area (Å²) in [5.41, 5.74) is 1.89. The lowest BCUT2D eigenvalue weighted by atomic mass is 9.93. The molecule has 0 aliphatic carbocycles. The zero-order valence-corrected chi connectivity index (χ0v) is 23.7. The highest BCUT2D eigenvalue weighted by molar-refractivity contribution is 6.30. The lowest BCUT2D eigenvalue weighted by molar-refractivity contribution is -0.304. The first kappa shape index (κ1) is 29.1. The molecule has 4 aromatic carbocycles. The molecule has 1 aromatic heterocycles. The average Bonchev–Trinajstić information content (AvgIpc) is 3.27. The minimum atomic E-state index is -1.37. The molecule has 0 saturated heterocycles. The minimum absolute atomic E-state index is 0.0577. The van der Waals surface area contributed by atoms with Crippen LogP contribution in [-0.2, 0) is 11.2 Å². The van der Waals surface area contributed by atoms with Crippen LogP contribution in [0.4, 0.5) is 0 Å². The number of para-hydroxylation sites is 1. The third-order valence-electron chi connectivity index (χ3n) is 7.03. The molecule has 5 aromatic rings. The molecule has 0 bridgehead atoms. The Morgan fingerprint density at radius 2 is 1.51 bits per heavy atom. The molecule has 0 aliphatic heterocycles. The first-order chi connectivity index (χ1) is 20.6. The van der Waals surface area contributed by atoms with Gasteiger partial charge in [-0.3, -0.25) is 9.36 Å². The van der Waals surface area contributed by atoms with Crippen LogP contribution in [0.5, 0.6) is 11.5 Å². The van der Waals surface area contributed by atoms with Crippen molar-refractivity contribution in [3.8, 4) is 22.6 Å². The highest BCUT2D eigenvalue weighted by Crippen LogP contribution is 2.43. The number of aliphatic carboxylic acids is 1. The first-order valence-electron chi connectivity index (χ1n) is 13.0. The van der Waals surface area contributed by atoms with Gasteiger partial charge < -0.3 is 24.5 Å². The van der Waals surface area contributed by atoms with E-state index in [0.29, 0.717) is 49.6 Å². The average molecular weight is 597 g/mol. The predicted octanol–water partition coefficient (Wildman–Crippen LogP) is 5.18. The second-order valence-electron chi connectivity index (χ2n) is 9.53. The van der Waals surface area contributed by atoms with Crippen molar-refractivity contribution >= 4 is 46.3 Å². The summed E-state index contributed by atoms with van der Waals surface area (Å²) in [7, 11) is 1.43. The summed E-state index contributed by atoms with van der Waals surface area (Å²) in [5, 5.41) is 22.3. The van der Waals surface area contributed by atoms with E-state index < -0.39 is 30.2 Å². The molecular weight excluding hydrogens is 574 g/mol. The van der Waals surface area contributed by atoms with Crippen LogP contribution in [-0.4, -0.2) is 40.6 Å². The number of hydrogen-bond donors (Lipinski definition) is 1. The first-order valence-corrected chi connectivity index (χ1v) is 13.3. The summed E-state index contributed by atoms with van der Waals surface area (Å²) in [6.45, 7) is 1.63. The van der Waals surface area contributed by atoms with Gasteiger partial charge in [-0.25, -0.2) is 9.59 Å². The van der Waals surface area contributed by atoms with E-state index in [1.54, 1.807) is 67.6 Å². The Labute approximate surface area is 250 Å². The van der Waals surface area contributed by atoms with E-state index in [0.717, 1.165) is 0 Å². The second kappa shape index (κ2) is 11.8. The smallest absolute Gasteiger partial charge is 0.344 e. The van der Waals surface area contributed by atoms with Crippen LogP contribution < -0.4 is 14.6 Å². The largest absolute Gasteiger partial charge is 0.550 e. The van der Waals surface area contributed by atoms with Crippen LogP contribution in [0.15, 0.2) is 84.9 Å². The number of nitrogens with zero attached hydrogens (tertiary/aromatic N) is 1. The Balaban J connectivity index is 1.76. The number of esters is 1. The minimum Gasteiger partial charge on any atom is -0.550 e. The van der Waals surface area contributed by atoms with E-state index in [1.165, 1.54) is 35.9 Å². The zero-order chi connectivity index (χ0) is 30.8. The summed E-state index contributed by atoms with van der Waals surface area (Å²) in [6, 6.07) is 21.7. The van der Waals surface area contributed by atoms with Gasteiger partial charge in [0, 0.05) is 45.2 Å². The molecule has 9 nitrogen and oxygen atoms in total. The van der Waals surface area contributed by atoms with E-state index >= 15 is 0 Å². The van der Waals surface area contributed by atoms with Crippen molar-refractivity contribution in [3.63, 3.8) is 0 Å². The summed E-state index contributed by atoms with van der Waals surface area (Å²) in [6.07, 6.45) is -0.526. The zero-order valence-electron chi connectivity index (χ0n) is 22.9. The molecule has 0 spiro atoms. The van der Waals surface area contributed by atoms with Gasteiger partial charge in [0.25, 0.3) is 5.91 Å². The van der Waals surface area contributed by atoms with Gasteiger partial charge in [0.05, 0.1) is 18.2 Å². The SMILES string of the molecule is COc1ccc2c(c(CC(=O)[O-])c(C)n2C(=O)c2ccc(Cl)cc2)c1-c1ccccc1C(=O)Oc1ccccc1C(=O)O. The van der Waals surface area contributed by atoms with Crippen molar-refractivity contribution in [2.45, 2.75) is 13.3 Å². The Morgan fingerprint density at radius 1 is 0.860 bits per heavy atom. The maximum absolute atomic E-state index is 13.8. The lowest BCUT2D eigenvalue weighted by Crippen LogP contribution is -2.25. The van der Waals surface area contributed by atoms with Crippen LogP contribution in [0.1, 0.15) is 42.3 Å². The number of halogens is 1. The van der Waals surface area contributed by atoms with Gasteiger partial charge in [0.2, 0.25) is 0 Å². The van der Waals surface area contributed by atoms with Crippen LogP contribution >= 0.6 is 11.6 Å². The highest BCUT2D eigenvalue weighted by atomic mass is 35.5. The molecule has 0 unspecified atom stereocenters. The lowest BCUT2D eigenvalue weighted by Gasteiger charge is -2.16. The van der Waals surface area contributed by atoms with Gasteiger partial charge in [-0.1, -0.05) is 41.9 Å². The quantitative estimate of drug-likeness (QED) is 0.191. The Morgan fingerprint density at radius 3 is 2.16 bits per heavy atom. The Bertz CT molecular complexity index is 1920. The normalized spacial score (nSPS) is 10.9. The fourth-order valence-corrected chi connectivity index (χ4v) is 5.23. The van der Waals surface area contributed by atoms with Crippen molar-refractivity contribution in [1.29, 1.82) is 0 Å². The molecule has 0 radical (unpaired) electrons. The maximum atomic E-state index is 13.8. The number of carboxylic acid groups (broad SMARTS) is 2. The number of aromatic carboxylic acids is 1. The van der Waals surface area contributed by atoms with Crippen LogP contribution in [0.2, 0.25) is 5.02 Å². The molecule has 43 heavy (non-hydrogen) atoms. The maximum Gasteiger partial charge on any atom is 0.344 e.